The molecule has 1 aromatic heterocycles. The SMILES string of the molecule is COCCN(C1CC1)S(=O)(=O)c1c[nH]c(C(=O)O)c1. The predicted octanol–water partition coefficient (Wildman–Crippen LogP) is 0.512. The number of rotatable bonds is 7. The molecule has 0 radical (unpaired) electrons. The Hall–Kier alpha value is -1.38. The van der Waals surface area contributed by atoms with Crippen molar-refractivity contribution >= 4 is 16.0 Å². The number of hydrogen-bond acceptors (Lipinski definition) is 4. The Morgan fingerprint density at radius 1 is 1.58 bits per heavy atom. The molecule has 1 heterocycles. The fourth-order valence-electron chi connectivity index (χ4n) is 1.83. The first-order valence-electron chi connectivity index (χ1n) is 5.89. The van der Waals surface area contributed by atoms with Gasteiger partial charge >= 0.3 is 5.97 Å². The minimum Gasteiger partial charge on any atom is -0.477 e. The Morgan fingerprint density at radius 2 is 2.26 bits per heavy atom. The maximum atomic E-state index is 12.4. The van der Waals surface area contributed by atoms with E-state index in [0.717, 1.165) is 18.9 Å². The van der Waals surface area contributed by atoms with Gasteiger partial charge in [0.05, 0.1) is 6.61 Å². The van der Waals surface area contributed by atoms with E-state index in [1.165, 1.54) is 17.6 Å². The lowest BCUT2D eigenvalue weighted by atomic mass is 10.4. The monoisotopic (exact) mass is 288 g/mol. The van der Waals surface area contributed by atoms with E-state index in [1.807, 2.05) is 0 Å². The van der Waals surface area contributed by atoms with Gasteiger partial charge < -0.3 is 14.8 Å². The number of aromatic nitrogens is 1. The van der Waals surface area contributed by atoms with E-state index in [1.54, 1.807) is 0 Å². The van der Waals surface area contributed by atoms with E-state index < -0.39 is 16.0 Å². The molecule has 0 amide bonds. The Balaban J connectivity index is 2.25. The summed E-state index contributed by atoms with van der Waals surface area (Å²) in [7, 11) is -2.15. The number of nitrogens with one attached hydrogen (secondary N) is 1. The van der Waals surface area contributed by atoms with Crippen molar-refractivity contribution in [3.8, 4) is 0 Å². The summed E-state index contributed by atoms with van der Waals surface area (Å²) < 4.78 is 31.1. The van der Waals surface area contributed by atoms with Gasteiger partial charge in [0.1, 0.15) is 10.6 Å². The van der Waals surface area contributed by atoms with Crippen molar-refractivity contribution in [2.75, 3.05) is 20.3 Å². The van der Waals surface area contributed by atoms with Gasteiger partial charge in [0.25, 0.3) is 0 Å². The molecule has 0 aliphatic heterocycles. The Bertz CT molecular complexity index is 561. The molecule has 0 spiro atoms. The number of H-pyrrole nitrogens is 1. The maximum absolute atomic E-state index is 12.4. The highest BCUT2D eigenvalue weighted by Crippen LogP contribution is 2.31. The Morgan fingerprint density at radius 3 is 2.74 bits per heavy atom. The molecule has 1 aliphatic carbocycles. The second-order valence-corrected chi connectivity index (χ2v) is 6.28. The van der Waals surface area contributed by atoms with Crippen LogP contribution in [0.5, 0.6) is 0 Å². The van der Waals surface area contributed by atoms with Crippen LogP contribution >= 0.6 is 0 Å². The fourth-order valence-corrected chi connectivity index (χ4v) is 3.49. The highest BCUT2D eigenvalue weighted by Gasteiger charge is 2.38. The normalized spacial score (nSPS) is 15.9. The van der Waals surface area contributed by atoms with Crippen molar-refractivity contribution in [1.82, 2.24) is 9.29 Å². The van der Waals surface area contributed by atoms with Crippen molar-refractivity contribution in [1.29, 1.82) is 0 Å². The van der Waals surface area contributed by atoms with Crippen LogP contribution in [0.15, 0.2) is 17.2 Å². The number of nitrogens with zero attached hydrogens (tertiary/aromatic N) is 1. The zero-order chi connectivity index (χ0) is 14.0. The number of hydrogen-bond donors (Lipinski definition) is 2. The molecule has 1 fully saturated rings. The van der Waals surface area contributed by atoms with E-state index in [4.69, 9.17) is 9.84 Å². The second-order valence-electron chi connectivity index (χ2n) is 4.39. The van der Waals surface area contributed by atoms with Crippen LogP contribution in [-0.2, 0) is 14.8 Å². The van der Waals surface area contributed by atoms with E-state index in [9.17, 15) is 13.2 Å². The number of sulfonamides is 1. The maximum Gasteiger partial charge on any atom is 0.352 e. The lowest BCUT2D eigenvalue weighted by Crippen LogP contribution is -2.35. The smallest absolute Gasteiger partial charge is 0.352 e. The first kappa shape index (κ1) is 14.0. The molecule has 0 aromatic carbocycles. The molecule has 0 bridgehead atoms. The summed E-state index contributed by atoms with van der Waals surface area (Å²) in [6, 6.07) is 1.14. The van der Waals surface area contributed by atoms with Gasteiger partial charge in [0, 0.05) is 25.9 Å². The van der Waals surface area contributed by atoms with E-state index in [-0.39, 0.29) is 23.2 Å². The summed E-state index contributed by atoms with van der Waals surface area (Å²) in [5.74, 6) is -1.18. The molecule has 0 saturated heterocycles. The van der Waals surface area contributed by atoms with E-state index in [0.29, 0.717) is 6.61 Å². The zero-order valence-corrected chi connectivity index (χ0v) is 11.3. The summed E-state index contributed by atoms with van der Waals surface area (Å²) in [4.78, 5) is 13.2. The van der Waals surface area contributed by atoms with Crippen LogP contribution < -0.4 is 0 Å². The van der Waals surface area contributed by atoms with Crippen molar-refractivity contribution in [3.63, 3.8) is 0 Å². The first-order chi connectivity index (χ1) is 8.96. The summed E-state index contributed by atoms with van der Waals surface area (Å²) >= 11 is 0. The molecule has 0 atom stereocenters. The molecule has 0 unspecified atom stereocenters. The van der Waals surface area contributed by atoms with Crippen LogP contribution in [-0.4, -0.2) is 55.1 Å². The molecule has 1 aromatic rings. The first-order valence-corrected chi connectivity index (χ1v) is 7.33. The van der Waals surface area contributed by atoms with Gasteiger partial charge in [-0.3, -0.25) is 0 Å². The third kappa shape index (κ3) is 2.96. The van der Waals surface area contributed by atoms with Crippen LogP contribution in [0.2, 0.25) is 0 Å². The lowest BCUT2D eigenvalue weighted by Gasteiger charge is -2.20. The van der Waals surface area contributed by atoms with Gasteiger partial charge in [0.2, 0.25) is 10.0 Å². The number of aromatic carboxylic acids is 1. The van der Waals surface area contributed by atoms with Gasteiger partial charge in [0.15, 0.2) is 0 Å². The molecule has 19 heavy (non-hydrogen) atoms. The number of carboxylic acid groups (broad SMARTS) is 1. The highest BCUT2D eigenvalue weighted by molar-refractivity contribution is 7.89. The number of ether oxygens (including phenoxy) is 1. The average molecular weight is 288 g/mol. The third-order valence-corrected chi connectivity index (χ3v) is 4.89. The summed E-state index contributed by atoms with van der Waals surface area (Å²) in [6.07, 6.45) is 2.87. The average Bonchev–Trinajstić information content (AvgIpc) is 3.04. The van der Waals surface area contributed by atoms with Crippen LogP contribution in [0.1, 0.15) is 23.3 Å². The molecule has 2 N–H and O–H groups in total. The predicted molar refractivity (Wildman–Crippen MR) is 66.5 cm³/mol. The minimum atomic E-state index is -3.66. The third-order valence-electron chi connectivity index (χ3n) is 2.96. The van der Waals surface area contributed by atoms with Crippen molar-refractivity contribution < 1.29 is 23.1 Å². The van der Waals surface area contributed by atoms with E-state index >= 15 is 0 Å². The van der Waals surface area contributed by atoms with Crippen LogP contribution in [0.3, 0.4) is 0 Å². The molecular formula is C11H16N2O5S. The summed E-state index contributed by atoms with van der Waals surface area (Å²) in [5, 5.41) is 8.81. The van der Waals surface area contributed by atoms with Gasteiger partial charge in [-0.15, -0.1) is 0 Å². The van der Waals surface area contributed by atoms with Crippen molar-refractivity contribution in [2.24, 2.45) is 0 Å². The van der Waals surface area contributed by atoms with Gasteiger partial charge in [-0.1, -0.05) is 0 Å². The molecule has 1 aliphatic rings. The molecular weight excluding hydrogens is 272 g/mol. The second kappa shape index (κ2) is 5.32. The highest BCUT2D eigenvalue weighted by atomic mass is 32.2. The number of methoxy groups -OCH3 is 1. The summed E-state index contributed by atoms with van der Waals surface area (Å²) in [5.41, 5.74) is -0.138. The van der Waals surface area contributed by atoms with Crippen molar-refractivity contribution in [2.45, 2.75) is 23.8 Å². The van der Waals surface area contributed by atoms with Crippen molar-refractivity contribution in [3.05, 3.63) is 18.0 Å². The fraction of sp³-hybridized carbons (Fsp3) is 0.545. The minimum absolute atomic E-state index is 0.00308. The van der Waals surface area contributed by atoms with Crippen LogP contribution in [0, 0.1) is 0 Å². The standard InChI is InChI=1S/C11H16N2O5S/c1-18-5-4-13(8-2-3-8)19(16,17)9-6-10(11(14)15)12-7-9/h6-8,12H,2-5H2,1H3,(H,14,15). The largest absolute Gasteiger partial charge is 0.477 e. The quantitative estimate of drug-likeness (QED) is 0.761. The number of aromatic amines is 1. The van der Waals surface area contributed by atoms with Gasteiger partial charge in [-0.2, -0.15) is 4.31 Å². The molecule has 7 nitrogen and oxygen atoms in total. The number of carboxylic acids is 1. The molecule has 106 valence electrons. The zero-order valence-electron chi connectivity index (χ0n) is 10.5. The molecule has 2 rings (SSSR count). The Kier molecular flexibility index (Phi) is 3.93. The number of carbonyl (C=O) groups is 1. The topological polar surface area (TPSA) is 99.7 Å². The van der Waals surface area contributed by atoms with Gasteiger partial charge in [-0.05, 0) is 18.9 Å². The lowest BCUT2D eigenvalue weighted by molar-refractivity contribution is 0.0691. The molecule has 8 heteroatoms. The van der Waals surface area contributed by atoms with Gasteiger partial charge in [-0.25, -0.2) is 13.2 Å². The summed E-state index contributed by atoms with van der Waals surface area (Å²) in [6.45, 7) is 0.586. The van der Waals surface area contributed by atoms with Crippen LogP contribution in [0.4, 0.5) is 0 Å². The van der Waals surface area contributed by atoms with E-state index in [2.05, 4.69) is 4.98 Å². The Labute approximate surface area is 111 Å². The van der Waals surface area contributed by atoms with Crippen LogP contribution in [0.25, 0.3) is 0 Å². The molecule has 1 saturated carbocycles.